The first-order chi connectivity index (χ1) is 12.4. The first-order valence-corrected chi connectivity index (χ1v) is 7.93. The lowest BCUT2D eigenvalue weighted by Crippen LogP contribution is -2.65. The summed E-state index contributed by atoms with van der Waals surface area (Å²) < 4.78 is 9.62. The van der Waals surface area contributed by atoms with E-state index in [1.54, 1.807) is 26.8 Å². The van der Waals surface area contributed by atoms with Crippen molar-refractivity contribution in [1.82, 2.24) is 5.32 Å². The van der Waals surface area contributed by atoms with E-state index in [2.05, 4.69) is 4.74 Å². The molecule has 0 spiro atoms. The summed E-state index contributed by atoms with van der Waals surface area (Å²) in [5.74, 6) is -4.72. The maximum atomic E-state index is 12.5. The number of amides is 1. The normalized spacial score (nSPS) is 14.4. The van der Waals surface area contributed by atoms with E-state index in [0.717, 1.165) is 7.11 Å². The number of carboxylic acids is 1. The molecule has 27 heavy (non-hydrogen) atoms. The topological polar surface area (TPSA) is 145 Å². The summed E-state index contributed by atoms with van der Waals surface area (Å²) in [6.07, 6.45) is -1.22. The summed E-state index contributed by atoms with van der Waals surface area (Å²) in [5, 5.41) is 23.0. The Balaban J connectivity index is 3.56. The number of nitro groups is 1. The molecule has 0 heterocycles. The van der Waals surface area contributed by atoms with Crippen molar-refractivity contribution in [2.24, 2.45) is 0 Å². The average Bonchev–Trinajstić information content (AvgIpc) is 2.55. The maximum absolute atomic E-state index is 12.5. The van der Waals surface area contributed by atoms with Gasteiger partial charge in [0.15, 0.2) is 0 Å². The van der Waals surface area contributed by atoms with Crippen LogP contribution >= 0.6 is 0 Å². The number of esters is 1. The first-order valence-electron chi connectivity index (χ1n) is 7.93. The Labute approximate surface area is 155 Å². The molecule has 0 aromatic heterocycles. The monoisotopic (exact) mass is 382 g/mol. The van der Waals surface area contributed by atoms with E-state index in [4.69, 9.17) is 4.74 Å². The SMILES string of the molecule is COC(=O)[C@](NC(=O)OC(C)(C)C)(C(=O)O)C(C[N+](=O)[O-])c1ccccc1. The lowest BCUT2D eigenvalue weighted by atomic mass is 9.78. The summed E-state index contributed by atoms with van der Waals surface area (Å²) in [7, 11) is 0.922. The first kappa shape index (κ1) is 21.9. The smallest absolute Gasteiger partial charge is 0.409 e. The second-order valence-electron chi connectivity index (χ2n) is 6.71. The summed E-state index contributed by atoms with van der Waals surface area (Å²) in [6.45, 7) is 3.68. The molecule has 1 amide bonds. The Morgan fingerprint density at radius 3 is 2.19 bits per heavy atom. The highest BCUT2D eigenvalue weighted by molar-refractivity contribution is 6.07. The maximum Gasteiger partial charge on any atom is 0.409 e. The number of carboxylic acid groups (broad SMARTS) is 1. The third kappa shape index (κ3) is 5.40. The van der Waals surface area contributed by atoms with Crippen LogP contribution in [0, 0.1) is 10.1 Å². The van der Waals surface area contributed by atoms with Crippen LogP contribution < -0.4 is 5.32 Å². The molecule has 1 aromatic rings. The number of methoxy groups -OCH3 is 1. The fourth-order valence-corrected chi connectivity index (χ4v) is 2.52. The Bertz CT molecular complexity index is 713. The van der Waals surface area contributed by atoms with Crippen LogP contribution in [0.5, 0.6) is 0 Å². The summed E-state index contributed by atoms with van der Waals surface area (Å²) in [6, 6.07) is 7.52. The standard InChI is InChI=1S/C17H22N2O8/c1-16(2,3)27-15(23)18-17(13(20)21,14(22)26-4)12(10-19(24)25)11-8-6-5-7-9-11/h5-9,12H,10H2,1-4H3,(H,18,23)(H,20,21)/t12?,17-/m1/s1. The Morgan fingerprint density at radius 1 is 1.22 bits per heavy atom. The largest absolute Gasteiger partial charge is 0.479 e. The number of aliphatic carboxylic acids is 1. The zero-order valence-electron chi connectivity index (χ0n) is 15.4. The van der Waals surface area contributed by atoms with E-state index in [0.29, 0.717) is 0 Å². The number of rotatable bonds is 7. The molecule has 148 valence electrons. The van der Waals surface area contributed by atoms with Crippen LogP contribution in [0.2, 0.25) is 0 Å². The van der Waals surface area contributed by atoms with Gasteiger partial charge in [0.2, 0.25) is 6.54 Å². The molecule has 0 aliphatic carbocycles. The molecule has 1 unspecified atom stereocenters. The second kappa shape index (κ2) is 8.47. The zero-order valence-corrected chi connectivity index (χ0v) is 15.4. The third-order valence-electron chi connectivity index (χ3n) is 3.60. The highest BCUT2D eigenvalue weighted by Gasteiger charge is 2.58. The van der Waals surface area contributed by atoms with Gasteiger partial charge < -0.3 is 14.6 Å². The van der Waals surface area contributed by atoms with Gasteiger partial charge in [-0.1, -0.05) is 30.3 Å². The van der Waals surface area contributed by atoms with Gasteiger partial charge >= 0.3 is 18.0 Å². The summed E-state index contributed by atoms with van der Waals surface area (Å²) in [4.78, 5) is 47.3. The van der Waals surface area contributed by atoms with E-state index in [9.17, 15) is 29.6 Å². The molecule has 1 rings (SSSR count). The van der Waals surface area contributed by atoms with E-state index in [-0.39, 0.29) is 5.56 Å². The highest BCUT2D eigenvalue weighted by atomic mass is 16.6. The van der Waals surface area contributed by atoms with Crippen LogP contribution in [-0.2, 0) is 19.1 Å². The van der Waals surface area contributed by atoms with E-state index >= 15 is 0 Å². The quantitative estimate of drug-likeness (QED) is 0.313. The Hall–Kier alpha value is -3.17. The Morgan fingerprint density at radius 2 is 1.78 bits per heavy atom. The van der Waals surface area contributed by atoms with Gasteiger partial charge in [0, 0.05) is 4.92 Å². The van der Waals surface area contributed by atoms with Crippen molar-refractivity contribution in [3.63, 3.8) is 0 Å². The fraction of sp³-hybridized carbons (Fsp3) is 0.471. The number of benzene rings is 1. The molecule has 0 aliphatic rings. The van der Waals surface area contributed by atoms with Crippen LogP contribution in [0.3, 0.4) is 0 Å². The van der Waals surface area contributed by atoms with Crippen molar-refractivity contribution in [3.05, 3.63) is 46.0 Å². The highest BCUT2D eigenvalue weighted by Crippen LogP contribution is 2.31. The van der Waals surface area contributed by atoms with Crippen molar-refractivity contribution >= 4 is 18.0 Å². The Kier molecular flexibility index (Phi) is 6.87. The van der Waals surface area contributed by atoms with Gasteiger partial charge in [0.25, 0.3) is 5.54 Å². The zero-order chi connectivity index (χ0) is 20.8. The molecule has 0 saturated heterocycles. The van der Waals surface area contributed by atoms with Gasteiger partial charge in [-0.3, -0.25) is 15.4 Å². The number of nitrogens with one attached hydrogen (secondary N) is 1. The molecule has 0 aliphatic heterocycles. The summed E-state index contributed by atoms with van der Waals surface area (Å²) >= 11 is 0. The minimum absolute atomic E-state index is 0.165. The summed E-state index contributed by atoms with van der Waals surface area (Å²) in [5.41, 5.74) is -3.58. The van der Waals surface area contributed by atoms with Crippen LogP contribution in [0.4, 0.5) is 4.79 Å². The van der Waals surface area contributed by atoms with Crippen molar-refractivity contribution in [1.29, 1.82) is 0 Å². The van der Waals surface area contributed by atoms with Crippen LogP contribution in [0.15, 0.2) is 30.3 Å². The van der Waals surface area contributed by atoms with Crippen LogP contribution in [-0.4, -0.2) is 52.9 Å². The number of ether oxygens (including phenoxy) is 2. The number of hydrogen-bond acceptors (Lipinski definition) is 7. The predicted molar refractivity (Wildman–Crippen MR) is 92.8 cm³/mol. The molecule has 10 heteroatoms. The van der Waals surface area contributed by atoms with Crippen molar-refractivity contribution < 1.29 is 33.9 Å². The van der Waals surface area contributed by atoms with Gasteiger partial charge in [0.1, 0.15) is 5.60 Å². The number of nitrogens with zero attached hydrogens (tertiary/aromatic N) is 1. The lowest BCUT2D eigenvalue weighted by Gasteiger charge is -2.34. The molecule has 1 aromatic carbocycles. The van der Waals surface area contributed by atoms with Crippen molar-refractivity contribution in [2.75, 3.05) is 13.7 Å². The second-order valence-corrected chi connectivity index (χ2v) is 6.71. The number of carbonyl (C=O) groups excluding carboxylic acids is 2. The molecule has 2 atom stereocenters. The minimum Gasteiger partial charge on any atom is -0.479 e. The van der Waals surface area contributed by atoms with E-state index in [1.165, 1.54) is 24.3 Å². The van der Waals surface area contributed by atoms with E-state index < -0.39 is 46.6 Å². The predicted octanol–water partition coefficient (Wildman–Crippen LogP) is 1.57. The molecule has 0 fully saturated rings. The van der Waals surface area contributed by atoms with Crippen molar-refractivity contribution in [2.45, 2.75) is 37.8 Å². The molecule has 2 N–H and O–H groups in total. The average molecular weight is 382 g/mol. The van der Waals surface area contributed by atoms with Crippen LogP contribution in [0.1, 0.15) is 32.3 Å². The van der Waals surface area contributed by atoms with Gasteiger partial charge in [-0.2, -0.15) is 0 Å². The molecule has 0 bridgehead atoms. The van der Waals surface area contributed by atoms with Crippen molar-refractivity contribution in [3.8, 4) is 0 Å². The lowest BCUT2D eigenvalue weighted by molar-refractivity contribution is -0.484. The van der Waals surface area contributed by atoms with Gasteiger partial charge in [0.05, 0.1) is 13.0 Å². The molecule has 0 radical (unpaired) electrons. The number of hydrogen-bond donors (Lipinski definition) is 2. The van der Waals surface area contributed by atoms with Gasteiger partial charge in [-0.15, -0.1) is 0 Å². The van der Waals surface area contributed by atoms with Crippen LogP contribution in [0.25, 0.3) is 0 Å². The molecule has 10 nitrogen and oxygen atoms in total. The number of carbonyl (C=O) groups is 3. The molecular weight excluding hydrogens is 360 g/mol. The minimum atomic E-state index is -2.76. The van der Waals surface area contributed by atoms with Gasteiger partial charge in [-0.25, -0.2) is 14.4 Å². The fourth-order valence-electron chi connectivity index (χ4n) is 2.52. The molecular formula is C17H22N2O8. The molecule has 0 saturated carbocycles. The number of alkyl carbamates (subject to hydrolysis) is 1. The third-order valence-corrected chi connectivity index (χ3v) is 3.60. The van der Waals surface area contributed by atoms with Gasteiger partial charge in [-0.05, 0) is 26.3 Å². The van der Waals surface area contributed by atoms with E-state index in [1.807, 2.05) is 5.32 Å².